The van der Waals surface area contributed by atoms with Crippen LogP contribution in [0, 0.1) is 5.92 Å². The molecule has 17 heavy (non-hydrogen) atoms. The van der Waals surface area contributed by atoms with Crippen LogP contribution in [0.1, 0.15) is 33.6 Å². The molecule has 0 heterocycles. The summed E-state index contributed by atoms with van der Waals surface area (Å²) in [6.45, 7) is 7.26. The second-order valence-electron chi connectivity index (χ2n) is 4.59. The van der Waals surface area contributed by atoms with Crippen molar-refractivity contribution in [3.05, 3.63) is 24.3 Å². The number of benzene rings is 1. The van der Waals surface area contributed by atoms with Crippen molar-refractivity contribution in [2.45, 2.75) is 33.6 Å². The van der Waals surface area contributed by atoms with E-state index in [4.69, 9.17) is 0 Å². The van der Waals surface area contributed by atoms with Crippen LogP contribution in [0.2, 0.25) is 0 Å². The van der Waals surface area contributed by atoms with Gasteiger partial charge in [-0.1, -0.05) is 20.8 Å². The quantitative estimate of drug-likeness (QED) is 0.791. The summed E-state index contributed by atoms with van der Waals surface area (Å²) in [6, 6.07) is 7.83. The first-order chi connectivity index (χ1) is 8.11. The molecule has 3 heteroatoms. The molecule has 2 N–H and O–H groups in total. The lowest BCUT2D eigenvalue weighted by Crippen LogP contribution is -2.09. The van der Waals surface area contributed by atoms with Gasteiger partial charge in [0.05, 0.1) is 0 Å². The molecule has 0 saturated carbocycles. The predicted molar refractivity (Wildman–Crippen MR) is 73.3 cm³/mol. The average molecular weight is 234 g/mol. The van der Waals surface area contributed by atoms with Crippen LogP contribution in [0.15, 0.2) is 24.3 Å². The van der Waals surface area contributed by atoms with E-state index in [-0.39, 0.29) is 5.91 Å². The van der Waals surface area contributed by atoms with Crippen LogP contribution < -0.4 is 10.6 Å². The van der Waals surface area contributed by atoms with E-state index in [0.29, 0.717) is 12.3 Å². The van der Waals surface area contributed by atoms with Gasteiger partial charge < -0.3 is 10.6 Å². The van der Waals surface area contributed by atoms with Crippen LogP contribution in [0.3, 0.4) is 0 Å². The maximum Gasteiger partial charge on any atom is 0.224 e. The van der Waals surface area contributed by atoms with Crippen LogP contribution in [0.25, 0.3) is 0 Å². The van der Waals surface area contributed by atoms with Crippen LogP contribution in [-0.4, -0.2) is 12.5 Å². The van der Waals surface area contributed by atoms with E-state index in [0.717, 1.165) is 24.3 Å². The third-order valence-electron chi connectivity index (χ3n) is 2.54. The Morgan fingerprint density at radius 1 is 1.18 bits per heavy atom. The van der Waals surface area contributed by atoms with Gasteiger partial charge in [0.2, 0.25) is 5.91 Å². The highest BCUT2D eigenvalue weighted by Gasteiger charge is 1.99. The molecule has 0 atom stereocenters. The van der Waals surface area contributed by atoms with E-state index in [9.17, 15) is 4.79 Å². The van der Waals surface area contributed by atoms with Crippen molar-refractivity contribution in [1.82, 2.24) is 0 Å². The zero-order chi connectivity index (χ0) is 12.7. The van der Waals surface area contributed by atoms with Gasteiger partial charge >= 0.3 is 0 Å². The first-order valence-electron chi connectivity index (χ1n) is 6.25. The molecule has 1 aromatic rings. The first kappa shape index (κ1) is 13.6. The normalized spacial score (nSPS) is 10.4. The van der Waals surface area contributed by atoms with Crippen molar-refractivity contribution in [3.63, 3.8) is 0 Å². The first-order valence-corrected chi connectivity index (χ1v) is 6.25. The number of carbonyl (C=O) groups is 1. The minimum absolute atomic E-state index is 0.0468. The molecule has 0 spiro atoms. The van der Waals surface area contributed by atoms with Gasteiger partial charge in [-0.05, 0) is 36.6 Å². The Kier molecular flexibility index (Phi) is 5.53. The molecule has 94 valence electrons. The zero-order valence-electron chi connectivity index (χ0n) is 10.9. The molecule has 1 rings (SSSR count). The van der Waals surface area contributed by atoms with Crippen molar-refractivity contribution in [1.29, 1.82) is 0 Å². The van der Waals surface area contributed by atoms with Gasteiger partial charge in [-0.3, -0.25) is 4.79 Å². The van der Waals surface area contributed by atoms with Crippen LogP contribution in [-0.2, 0) is 4.79 Å². The number of hydrogen-bond donors (Lipinski definition) is 2. The molecule has 0 aliphatic carbocycles. The van der Waals surface area contributed by atoms with Crippen LogP contribution >= 0.6 is 0 Å². The third kappa shape index (κ3) is 5.38. The Balaban J connectivity index is 2.42. The molecule has 0 unspecified atom stereocenters. The van der Waals surface area contributed by atoms with Crippen molar-refractivity contribution in [2.24, 2.45) is 5.92 Å². The van der Waals surface area contributed by atoms with E-state index >= 15 is 0 Å². The Bertz CT molecular complexity index is 344. The third-order valence-corrected chi connectivity index (χ3v) is 2.54. The van der Waals surface area contributed by atoms with Gasteiger partial charge in [0.25, 0.3) is 0 Å². The fourth-order valence-corrected chi connectivity index (χ4v) is 1.43. The van der Waals surface area contributed by atoms with Gasteiger partial charge in [-0.2, -0.15) is 0 Å². The number of anilines is 2. The van der Waals surface area contributed by atoms with Gasteiger partial charge in [0.1, 0.15) is 0 Å². The molecular weight excluding hydrogens is 212 g/mol. The lowest BCUT2D eigenvalue weighted by Gasteiger charge is -2.09. The molecule has 1 aromatic carbocycles. The van der Waals surface area contributed by atoms with E-state index in [1.54, 1.807) is 0 Å². The molecule has 1 amide bonds. The van der Waals surface area contributed by atoms with Crippen molar-refractivity contribution in [2.75, 3.05) is 17.2 Å². The number of carbonyl (C=O) groups excluding carboxylic acids is 1. The van der Waals surface area contributed by atoms with Gasteiger partial charge in [0, 0.05) is 24.3 Å². The number of rotatable bonds is 6. The summed E-state index contributed by atoms with van der Waals surface area (Å²) in [5, 5.41) is 6.18. The molecule has 0 aliphatic heterocycles. The second kappa shape index (κ2) is 6.94. The Hall–Kier alpha value is -1.51. The van der Waals surface area contributed by atoms with Crippen LogP contribution in [0.4, 0.5) is 11.4 Å². The lowest BCUT2D eigenvalue weighted by molar-refractivity contribution is -0.115. The molecule has 0 fully saturated rings. The summed E-state index contributed by atoms with van der Waals surface area (Å²) in [5.74, 6) is 0.760. The smallest absolute Gasteiger partial charge is 0.224 e. The second-order valence-corrected chi connectivity index (χ2v) is 4.59. The maximum atomic E-state index is 11.2. The van der Waals surface area contributed by atoms with Crippen LogP contribution in [0.5, 0.6) is 0 Å². The molecule has 0 aliphatic rings. The highest BCUT2D eigenvalue weighted by molar-refractivity contribution is 5.90. The maximum absolute atomic E-state index is 11.2. The fourth-order valence-electron chi connectivity index (χ4n) is 1.43. The SMILES string of the molecule is CCC(=O)Nc1ccc(NCCC(C)C)cc1. The summed E-state index contributed by atoms with van der Waals surface area (Å²) in [7, 11) is 0. The Morgan fingerprint density at radius 2 is 1.76 bits per heavy atom. The Morgan fingerprint density at radius 3 is 2.29 bits per heavy atom. The highest BCUT2D eigenvalue weighted by Crippen LogP contribution is 2.14. The molecule has 0 aromatic heterocycles. The van der Waals surface area contributed by atoms with Gasteiger partial charge in [0.15, 0.2) is 0 Å². The average Bonchev–Trinajstić information content (AvgIpc) is 2.31. The molecular formula is C14H22N2O. The molecule has 0 radical (unpaired) electrons. The highest BCUT2D eigenvalue weighted by atomic mass is 16.1. The lowest BCUT2D eigenvalue weighted by atomic mass is 10.1. The monoisotopic (exact) mass is 234 g/mol. The van der Waals surface area contributed by atoms with E-state index in [1.807, 2.05) is 31.2 Å². The van der Waals surface area contributed by atoms with Crippen molar-refractivity contribution < 1.29 is 4.79 Å². The largest absolute Gasteiger partial charge is 0.385 e. The van der Waals surface area contributed by atoms with Gasteiger partial charge in [-0.15, -0.1) is 0 Å². The van der Waals surface area contributed by atoms with E-state index < -0.39 is 0 Å². The number of hydrogen-bond acceptors (Lipinski definition) is 2. The van der Waals surface area contributed by atoms with E-state index in [1.165, 1.54) is 0 Å². The fraction of sp³-hybridized carbons (Fsp3) is 0.500. The summed E-state index contributed by atoms with van der Waals surface area (Å²) >= 11 is 0. The summed E-state index contributed by atoms with van der Waals surface area (Å²) in [6.07, 6.45) is 1.67. The molecule has 0 saturated heterocycles. The zero-order valence-corrected chi connectivity index (χ0v) is 10.9. The minimum atomic E-state index is 0.0468. The topological polar surface area (TPSA) is 41.1 Å². The standard InChI is InChI=1S/C14H22N2O/c1-4-14(17)16-13-7-5-12(6-8-13)15-10-9-11(2)3/h5-8,11,15H,4,9-10H2,1-3H3,(H,16,17). The van der Waals surface area contributed by atoms with Crippen molar-refractivity contribution in [3.8, 4) is 0 Å². The molecule has 3 nitrogen and oxygen atoms in total. The Labute approximate surface area is 104 Å². The number of amides is 1. The molecule has 0 bridgehead atoms. The number of nitrogens with one attached hydrogen (secondary N) is 2. The van der Waals surface area contributed by atoms with Crippen molar-refractivity contribution >= 4 is 17.3 Å². The summed E-state index contributed by atoms with van der Waals surface area (Å²) < 4.78 is 0. The van der Waals surface area contributed by atoms with E-state index in [2.05, 4.69) is 24.5 Å². The minimum Gasteiger partial charge on any atom is -0.385 e. The summed E-state index contributed by atoms with van der Waals surface area (Å²) in [4.78, 5) is 11.2. The predicted octanol–water partition coefficient (Wildman–Crippen LogP) is 3.49. The van der Waals surface area contributed by atoms with Gasteiger partial charge in [-0.25, -0.2) is 0 Å². The summed E-state index contributed by atoms with van der Waals surface area (Å²) in [5.41, 5.74) is 1.95.